The molecule has 1 aliphatic heterocycles. The molecule has 1 saturated heterocycles. The molecule has 9 nitrogen and oxygen atoms in total. The van der Waals surface area contributed by atoms with Gasteiger partial charge in [0.15, 0.2) is 0 Å². The topological polar surface area (TPSA) is 121 Å². The van der Waals surface area contributed by atoms with Crippen LogP contribution in [0.4, 0.5) is 30.9 Å². The summed E-state index contributed by atoms with van der Waals surface area (Å²) in [5.41, 5.74) is -0.181. The highest BCUT2D eigenvalue weighted by Gasteiger charge is 2.31. The predicted octanol–water partition coefficient (Wildman–Crippen LogP) is 4.03. The zero-order valence-corrected chi connectivity index (χ0v) is 17.8. The van der Waals surface area contributed by atoms with Gasteiger partial charge in [0.2, 0.25) is 5.82 Å². The van der Waals surface area contributed by atoms with E-state index in [0.717, 1.165) is 18.2 Å². The third kappa shape index (κ3) is 5.19. The van der Waals surface area contributed by atoms with Gasteiger partial charge < -0.3 is 15.3 Å². The number of rotatable bonds is 5. The second kappa shape index (κ2) is 9.65. The first-order valence-electron chi connectivity index (χ1n) is 10.9. The van der Waals surface area contributed by atoms with Crippen molar-refractivity contribution >= 4 is 23.4 Å². The van der Waals surface area contributed by atoms with Gasteiger partial charge in [0.1, 0.15) is 17.5 Å². The van der Waals surface area contributed by atoms with Crippen LogP contribution < -0.4 is 15.5 Å². The molecule has 3 N–H and O–H groups in total. The van der Waals surface area contributed by atoms with Crippen LogP contribution in [0.1, 0.15) is 50.1 Å². The first kappa shape index (κ1) is 22.8. The van der Waals surface area contributed by atoms with Crippen molar-refractivity contribution in [3.05, 3.63) is 57.6 Å². The number of aliphatic hydroxyl groups excluding tert-OH is 1. The van der Waals surface area contributed by atoms with Crippen LogP contribution in [0.25, 0.3) is 0 Å². The summed E-state index contributed by atoms with van der Waals surface area (Å²) < 4.78 is 28.1. The van der Waals surface area contributed by atoms with Gasteiger partial charge in [-0.15, -0.1) is 0 Å². The van der Waals surface area contributed by atoms with Crippen molar-refractivity contribution in [2.45, 2.75) is 56.7 Å². The maximum atomic E-state index is 14.4. The van der Waals surface area contributed by atoms with Gasteiger partial charge in [-0.05, 0) is 62.8 Å². The number of aromatic nitrogens is 1. The van der Waals surface area contributed by atoms with Gasteiger partial charge in [-0.3, -0.25) is 15.4 Å². The lowest BCUT2D eigenvalue weighted by atomic mass is 9.93. The molecule has 11 heteroatoms. The minimum atomic E-state index is -0.642. The van der Waals surface area contributed by atoms with Crippen molar-refractivity contribution in [1.29, 1.82) is 0 Å². The highest BCUT2D eigenvalue weighted by Crippen LogP contribution is 2.38. The molecule has 1 saturated carbocycles. The van der Waals surface area contributed by atoms with Crippen LogP contribution in [-0.4, -0.2) is 39.7 Å². The van der Waals surface area contributed by atoms with Gasteiger partial charge in [0.25, 0.3) is 0 Å². The molecule has 2 aromatic rings. The molecular weight excluding hydrogens is 436 g/mol. The Balaban J connectivity index is 1.56. The van der Waals surface area contributed by atoms with Crippen molar-refractivity contribution in [3.8, 4) is 0 Å². The van der Waals surface area contributed by atoms with Gasteiger partial charge in [0, 0.05) is 24.2 Å². The summed E-state index contributed by atoms with van der Waals surface area (Å²) in [6.45, 7) is 0.501. The summed E-state index contributed by atoms with van der Waals surface area (Å²) in [7, 11) is 0. The lowest BCUT2D eigenvalue weighted by Gasteiger charge is -2.27. The molecule has 0 unspecified atom stereocenters. The number of amides is 2. The first-order chi connectivity index (χ1) is 15.8. The molecule has 0 radical (unpaired) electrons. The average molecular weight is 461 g/mol. The van der Waals surface area contributed by atoms with Gasteiger partial charge in [0.05, 0.1) is 17.1 Å². The van der Waals surface area contributed by atoms with E-state index in [1.165, 1.54) is 12.1 Å². The van der Waals surface area contributed by atoms with E-state index < -0.39 is 28.6 Å². The number of anilines is 2. The summed E-state index contributed by atoms with van der Waals surface area (Å²) in [4.78, 5) is 29.4. The second-order valence-electron chi connectivity index (χ2n) is 8.42. The number of hydrogen-bond donors (Lipinski definition) is 3. The summed E-state index contributed by atoms with van der Waals surface area (Å²) in [6.07, 6.45) is 3.27. The number of nitrogens with zero attached hydrogens (tertiary/aromatic N) is 3. The van der Waals surface area contributed by atoms with Crippen molar-refractivity contribution < 1.29 is 23.6 Å². The molecule has 2 heterocycles. The largest absolute Gasteiger partial charge is 0.393 e. The van der Waals surface area contributed by atoms with E-state index >= 15 is 0 Å². The molecule has 33 heavy (non-hydrogen) atoms. The Morgan fingerprint density at radius 2 is 1.91 bits per heavy atom. The van der Waals surface area contributed by atoms with E-state index in [9.17, 15) is 28.8 Å². The fraction of sp³-hybridized carbons (Fsp3) is 0.455. The van der Waals surface area contributed by atoms with E-state index in [1.807, 2.05) is 0 Å². The number of carbonyl (C=O) groups excluding carboxylic acids is 1. The van der Waals surface area contributed by atoms with Crippen LogP contribution >= 0.6 is 0 Å². The van der Waals surface area contributed by atoms with Crippen LogP contribution in [-0.2, 0) is 0 Å². The quantitative estimate of drug-likeness (QED) is 0.457. The zero-order valence-electron chi connectivity index (χ0n) is 17.8. The standard InChI is InChI=1S/C22H25F2N5O4/c23-13-3-8-17(24)16(12-13)18-2-1-11-28(18)20-10-9-19(29(32)33)21(26-20)27-22(31)25-14-4-6-15(30)7-5-14/h3,8-10,12,14-15,18,30H,1-2,4-7,11H2,(H2,25,26,27,31)/t14?,15?,18-/m1/s1. The van der Waals surface area contributed by atoms with E-state index in [2.05, 4.69) is 15.6 Å². The van der Waals surface area contributed by atoms with Gasteiger partial charge in [-0.1, -0.05) is 0 Å². The summed E-state index contributed by atoms with van der Waals surface area (Å²) >= 11 is 0. The SMILES string of the molecule is O=C(Nc1nc(N2CCC[C@@H]2c2cc(F)ccc2F)ccc1[N+](=O)[O-])NC1CCC(O)CC1. The summed E-state index contributed by atoms with van der Waals surface area (Å²) in [5.74, 6) is -0.992. The molecule has 4 rings (SSSR count). The molecule has 1 aliphatic carbocycles. The fourth-order valence-corrected chi connectivity index (χ4v) is 4.52. The Bertz CT molecular complexity index is 1050. The van der Waals surface area contributed by atoms with Crippen LogP contribution in [0.15, 0.2) is 30.3 Å². The number of benzene rings is 1. The van der Waals surface area contributed by atoms with Gasteiger partial charge in [-0.25, -0.2) is 18.6 Å². The van der Waals surface area contributed by atoms with E-state index in [0.29, 0.717) is 50.9 Å². The van der Waals surface area contributed by atoms with Crippen molar-refractivity contribution in [3.63, 3.8) is 0 Å². The number of pyridine rings is 1. The van der Waals surface area contributed by atoms with Crippen LogP contribution in [0.2, 0.25) is 0 Å². The maximum absolute atomic E-state index is 14.4. The Kier molecular flexibility index (Phi) is 6.68. The first-order valence-corrected chi connectivity index (χ1v) is 10.9. The second-order valence-corrected chi connectivity index (χ2v) is 8.42. The Morgan fingerprint density at radius 1 is 1.15 bits per heavy atom. The van der Waals surface area contributed by atoms with Gasteiger partial charge in [-0.2, -0.15) is 0 Å². The maximum Gasteiger partial charge on any atom is 0.320 e. The van der Waals surface area contributed by atoms with Crippen LogP contribution in [0.3, 0.4) is 0 Å². The molecule has 1 aromatic carbocycles. The average Bonchev–Trinajstić information content (AvgIpc) is 3.26. The number of urea groups is 1. The molecule has 1 atom stereocenters. The number of nitrogens with one attached hydrogen (secondary N) is 2. The highest BCUT2D eigenvalue weighted by molar-refractivity contribution is 5.91. The summed E-state index contributed by atoms with van der Waals surface area (Å²) in [6, 6.07) is 4.71. The smallest absolute Gasteiger partial charge is 0.320 e. The third-order valence-electron chi connectivity index (χ3n) is 6.18. The summed E-state index contributed by atoms with van der Waals surface area (Å²) in [5, 5.41) is 26.3. The molecule has 2 aliphatic rings. The highest BCUT2D eigenvalue weighted by atomic mass is 19.1. The molecule has 2 fully saturated rings. The van der Waals surface area contributed by atoms with Crippen molar-refractivity contribution in [1.82, 2.24) is 10.3 Å². The molecule has 2 amide bonds. The van der Waals surface area contributed by atoms with E-state index in [-0.39, 0.29) is 29.2 Å². The molecular formula is C22H25F2N5O4. The molecule has 0 bridgehead atoms. The number of aliphatic hydroxyl groups is 1. The third-order valence-corrected chi connectivity index (χ3v) is 6.18. The van der Waals surface area contributed by atoms with Crippen molar-refractivity contribution in [2.75, 3.05) is 16.8 Å². The Morgan fingerprint density at radius 3 is 2.64 bits per heavy atom. The Labute approximate surface area is 189 Å². The molecule has 0 spiro atoms. The van der Waals surface area contributed by atoms with Gasteiger partial charge >= 0.3 is 11.7 Å². The monoisotopic (exact) mass is 461 g/mol. The number of nitro groups is 1. The van der Waals surface area contributed by atoms with Crippen LogP contribution in [0.5, 0.6) is 0 Å². The minimum Gasteiger partial charge on any atom is -0.393 e. The number of carbonyl (C=O) groups is 1. The lowest BCUT2D eigenvalue weighted by Crippen LogP contribution is -2.41. The van der Waals surface area contributed by atoms with E-state index in [4.69, 9.17) is 0 Å². The van der Waals surface area contributed by atoms with E-state index in [1.54, 1.807) is 4.90 Å². The van der Waals surface area contributed by atoms with Crippen molar-refractivity contribution in [2.24, 2.45) is 0 Å². The lowest BCUT2D eigenvalue weighted by molar-refractivity contribution is -0.384. The zero-order chi connectivity index (χ0) is 23.5. The number of hydrogen-bond acceptors (Lipinski definition) is 6. The molecule has 176 valence electrons. The van der Waals surface area contributed by atoms with Crippen LogP contribution in [0, 0.1) is 21.7 Å². The number of halogens is 2. The normalized spacial score (nSPS) is 22.8. The Hall–Kier alpha value is -3.34. The molecule has 1 aromatic heterocycles. The fourth-order valence-electron chi connectivity index (χ4n) is 4.52. The minimum absolute atomic E-state index is 0.144. The predicted molar refractivity (Wildman–Crippen MR) is 117 cm³/mol.